The van der Waals surface area contributed by atoms with E-state index < -0.39 is 0 Å². The number of imidazole rings is 1. The number of hydrogen-bond donors (Lipinski definition) is 1. The van der Waals surface area contributed by atoms with Crippen LogP contribution in [0.2, 0.25) is 0 Å². The first-order chi connectivity index (χ1) is 10.2. The van der Waals surface area contributed by atoms with Crippen LogP contribution in [0.15, 0.2) is 49.2 Å². The molecule has 5 heteroatoms. The lowest BCUT2D eigenvalue weighted by molar-refractivity contribution is 0.473. The molecule has 0 aliphatic carbocycles. The van der Waals surface area contributed by atoms with Crippen LogP contribution in [0, 0.1) is 18.3 Å². The molecule has 0 aliphatic rings. The zero-order chi connectivity index (χ0) is 14.8. The first-order valence-corrected chi connectivity index (χ1v) is 6.38. The number of hydrogen-bond acceptors (Lipinski definition) is 4. The zero-order valence-corrected chi connectivity index (χ0v) is 11.4. The Morgan fingerprint density at radius 3 is 2.71 bits per heavy atom. The predicted octanol–water partition coefficient (Wildman–Crippen LogP) is 2.82. The van der Waals surface area contributed by atoms with E-state index >= 15 is 0 Å². The van der Waals surface area contributed by atoms with Crippen LogP contribution in [0.5, 0.6) is 5.75 Å². The monoisotopic (exact) mass is 276 g/mol. The maximum Gasteiger partial charge on any atom is 0.133 e. The first kappa shape index (κ1) is 12.9. The van der Waals surface area contributed by atoms with Crippen molar-refractivity contribution >= 4 is 0 Å². The van der Waals surface area contributed by atoms with Gasteiger partial charge in [-0.1, -0.05) is 0 Å². The number of aromatic nitrogens is 3. The van der Waals surface area contributed by atoms with E-state index in [0.717, 1.165) is 16.8 Å². The largest absolute Gasteiger partial charge is 0.506 e. The van der Waals surface area contributed by atoms with Gasteiger partial charge in [-0.05, 0) is 36.8 Å². The molecule has 3 rings (SSSR count). The minimum Gasteiger partial charge on any atom is -0.506 e. The Hall–Kier alpha value is -3.13. The Morgan fingerprint density at radius 1 is 1.24 bits per heavy atom. The van der Waals surface area contributed by atoms with E-state index in [2.05, 4.69) is 16.0 Å². The molecule has 0 saturated heterocycles. The van der Waals surface area contributed by atoms with Gasteiger partial charge in [-0.3, -0.25) is 4.98 Å². The normalized spacial score (nSPS) is 10.3. The molecule has 0 spiro atoms. The molecule has 0 amide bonds. The quantitative estimate of drug-likeness (QED) is 0.781. The highest BCUT2D eigenvalue weighted by atomic mass is 16.3. The smallest absolute Gasteiger partial charge is 0.133 e. The molecule has 2 aromatic heterocycles. The fraction of sp³-hybridized carbons (Fsp3) is 0.0625. The summed E-state index contributed by atoms with van der Waals surface area (Å²) in [6, 6.07) is 9.12. The lowest BCUT2D eigenvalue weighted by atomic mass is 9.97. The molecule has 3 aromatic rings. The summed E-state index contributed by atoms with van der Waals surface area (Å²) in [5.74, 6) is 0.0978. The second-order valence-corrected chi connectivity index (χ2v) is 4.62. The Balaban J connectivity index is 2.25. The molecule has 0 atom stereocenters. The van der Waals surface area contributed by atoms with Crippen molar-refractivity contribution in [3.63, 3.8) is 0 Å². The summed E-state index contributed by atoms with van der Waals surface area (Å²) in [5.41, 5.74) is 3.85. The molecule has 1 aromatic carbocycles. The number of nitriles is 1. The molecule has 0 unspecified atom stereocenters. The van der Waals surface area contributed by atoms with Gasteiger partial charge in [0, 0.05) is 18.0 Å². The maximum atomic E-state index is 9.36. The van der Waals surface area contributed by atoms with Crippen LogP contribution in [-0.4, -0.2) is 19.6 Å². The minimum absolute atomic E-state index is 0.0978. The second-order valence-electron chi connectivity index (χ2n) is 4.62. The Morgan fingerprint density at radius 2 is 2.10 bits per heavy atom. The second kappa shape index (κ2) is 5.10. The number of nitrogens with zero attached hydrogens (tertiary/aromatic N) is 4. The van der Waals surface area contributed by atoms with Crippen molar-refractivity contribution in [3.8, 4) is 28.8 Å². The van der Waals surface area contributed by atoms with Gasteiger partial charge >= 0.3 is 0 Å². The lowest BCUT2D eigenvalue weighted by Gasteiger charge is -2.13. The average molecular weight is 276 g/mol. The Bertz CT molecular complexity index is 815. The third-order valence-electron chi connectivity index (χ3n) is 3.34. The fourth-order valence-electron chi connectivity index (χ4n) is 2.34. The molecule has 0 bridgehead atoms. The molecular formula is C16H12N4O. The van der Waals surface area contributed by atoms with Crippen molar-refractivity contribution in [2.24, 2.45) is 0 Å². The van der Waals surface area contributed by atoms with Gasteiger partial charge < -0.3 is 9.67 Å². The highest BCUT2D eigenvalue weighted by Crippen LogP contribution is 2.30. The van der Waals surface area contributed by atoms with Gasteiger partial charge in [-0.25, -0.2) is 4.98 Å². The van der Waals surface area contributed by atoms with Crippen molar-refractivity contribution in [1.29, 1.82) is 5.26 Å². The van der Waals surface area contributed by atoms with Gasteiger partial charge in [0.25, 0.3) is 0 Å². The molecule has 0 saturated carbocycles. The number of benzene rings is 1. The topological polar surface area (TPSA) is 74.7 Å². The molecule has 5 nitrogen and oxygen atoms in total. The van der Waals surface area contributed by atoms with Crippen LogP contribution in [0.3, 0.4) is 0 Å². The van der Waals surface area contributed by atoms with E-state index in [-0.39, 0.29) is 5.75 Å². The highest BCUT2D eigenvalue weighted by Gasteiger charge is 2.14. The summed E-state index contributed by atoms with van der Waals surface area (Å²) in [6.07, 6.45) is 6.64. The molecule has 2 heterocycles. The lowest BCUT2D eigenvalue weighted by Crippen LogP contribution is -1.99. The zero-order valence-electron chi connectivity index (χ0n) is 11.4. The van der Waals surface area contributed by atoms with Crippen LogP contribution in [0.25, 0.3) is 16.9 Å². The first-order valence-electron chi connectivity index (χ1n) is 6.38. The van der Waals surface area contributed by atoms with Gasteiger partial charge in [0.05, 0.1) is 35.5 Å². The Kier molecular flexibility index (Phi) is 3.13. The molecule has 0 aliphatic heterocycles. The summed E-state index contributed by atoms with van der Waals surface area (Å²) in [6.45, 7) is 1.94. The van der Waals surface area contributed by atoms with Crippen molar-refractivity contribution in [2.45, 2.75) is 6.92 Å². The van der Waals surface area contributed by atoms with Gasteiger partial charge in [0.1, 0.15) is 5.75 Å². The molecular weight excluding hydrogens is 264 g/mol. The predicted molar refractivity (Wildman–Crippen MR) is 77.9 cm³/mol. The molecule has 102 valence electrons. The van der Waals surface area contributed by atoms with Gasteiger partial charge in [-0.2, -0.15) is 5.26 Å². The van der Waals surface area contributed by atoms with E-state index in [9.17, 15) is 10.4 Å². The van der Waals surface area contributed by atoms with Crippen molar-refractivity contribution in [2.75, 3.05) is 0 Å². The van der Waals surface area contributed by atoms with Crippen LogP contribution >= 0.6 is 0 Å². The molecule has 21 heavy (non-hydrogen) atoms. The van der Waals surface area contributed by atoms with Crippen LogP contribution in [-0.2, 0) is 0 Å². The maximum absolute atomic E-state index is 9.36. The molecule has 1 N–H and O–H groups in total. The summed E-state index contributed by atoms with van der Waals surface area (Å²) < 4.78 is 1.89. The van der Waals surface area contributed by atoms with Crippen molar-refractivity contribution < 1.29 is 5.11 Å². The van der Waals surface area contributed by atoms with E-state index in [4.69, 9.17) is 0 Å². The minimum atomic E-state index is 0.0978. The number of rotatable bonds is 2. The number of pyridine rings is 1. The van der Waals surface area contributed by atoms with E-state index in [1.807, 2.05) is 23.8 Å². The van der Waals surface area contributed by atoms with Gasteiger partial charge in [0.2, 0.25) is 0 Å². The summed E-state index contributed by atoms with van der Waals surface area (Å²) >= 11 is 0. The molecule has 0 fully saturated rings. The number of aromatic hydroxyl groups is 1. The summed E-state index contributed by atoms with van der Waals surface area (Å²) in [7, 11) is 0. The van der Waals surface area contributed by atoms with E-state index in [0.29, 0.717) is 11.3 Å². The van der Waals surface area contributed by atoms with Crippen molar-refractivity contribution in [1.82, 2.24) is 14.5 Å². The third kappa shape index (κ3) is 2.23. The van der Waals surface area contributed by atoms with Crippen LogP contribution in [0.1, 0.15) is 11.1 Å². The highest BCUT2D eigenvalue weighted by molar-refractivity contribution is 5.74. The standard InChI is InChI=1S/C16H12N4O/c1-11-15(20-7-6-18-10-20)5-2-12(8-17)16(11)14-4-3-13(21)9-19-14/h2-7,9-10,21H,1H3. The SMILES string of the molecule is Cc1c(-n2ccnc2)ccc(C#N)c1-c1ccc(O)cn1. The summed E-state index contributed by atoms with van der Waals surface area (Å²) in [4.78, 5) is 8.26. The third-order valence-corrected chi connectivity index (χ3v) is 3.34. The summed E-state index contributed by atoms with van der Waals surface area (Å²) in [5, 5.41) is 18.7. The van der Waals surface area contributed by atoms with Crippen LogP contribution < -0.4 is 0 Å². The fourth-order valence-corrected chi connectivity index (χ4v) is 2.34. The average Bonchev–Trinajstić information content (AvgIpc) is 3.02. The Labute approximate surface area is 121 Å². The van der Waals surface area contributed by atoms with Gasteiger partial charge in [-0.15, -0.1) is 0 Å². The molecule has 0 radical (unpaired) electrons. The van der Waals surface area contributed by atoms with Crippen LogP contribution in [0.4, 0.5) is 0 Å². The van der Waals surface area contributed by atoms with E-state index in [1.165, 1.54) is 6.20 Å². The van der Waals surface area contributed by atoms with E-state index in [1.54, 1.807) is 30.7 Å². The van der Waals surface area contributed by atoms with Gasteiger partial charge in [0.15, 0.2) is 0 Å². The van der Waals surface area contributed by atoms with Crippen molar-refractivity contribution in [3.05, 3.63) is 60.3 Å².